The lowest BCUT2D eigenvalue weighted by Crippen LogP contribution is -2.56. The van der Waals surface area contributed by atoms with Crippen molar-refractivity contribution >= 4 is 5.91 Å². The van der Waals surface area contributed by atoms with Gasteiger partial charge in [0.1, 0.15) is 0 Å². The van der Waals surface area contributed by atoms with Crippen LogP contribution < -0.4 is 5.73 Å². The fourth-order valence-electron chi connectivity index (χ4n) is 2.97. The molecule has 2 N–H and O–H groups in total. The summed E-state index contributed by atoms with van der Waals surface area (Å²) in [5.41, 5.74) is 5.67. The molecule has 3 nitrogen and oxygen atoms in total. The minimum absolute atomic E-state index is 0.345. The van der Waals surface area contributed by atoms with Gasteiger partial charge in [-0.05, 0) is 24.3 Å². The molecule has 0 bridgehead atoms. The fourth-order valence-corrected chi connectivity index (χ4v) is 2.97. The maximum atomic E-state index is 10.5. The van der Waals surface area contributed by atoms with E-state index in [1.54, 1.807) is 0 Å². The summed E-state index contributed by atoms with van der Waals surface area (Å²) in [5, 5.41) is 0. The Morgan fingerprint density at radius 3 is 2.53 bits per heavy atom. The Labute approximate surface area is 91.3 Å². The minimum atomic E-state index is -0.345. The van der Waals surface area contributed by atoms with Crippen LogP contribution in [0.2, 0.25) is 0 Å². The highest BCUT2D eigenvalue weighted by Gasteiger charge is 2.42. The molecule has 0 unspecified atom stereocenters. The van der Waals surface area contributed by atoms with Gasteiger partial charge in [0.15, 0.2) is 0 Å². The van der Waals surface area contributed by atoms with Crippen LogP contribution in [0.5, 0.6) is 0 Å². The molecule has 84 valence electrons. The standard InChI is InChI=1S/C12H20N2O/c13-11(15)5-4-8-14-9-12(10-14)6-2-1-3-7-12/h4-5H,1-3,6-10H2,(H2,13,15)/b5-4+. The van der Waals surface area contributed by atoms with Crippen LogP contribution >= 0.6 is 0 Å². The van der Waals surface area contributed by atoms with Crippen LogP contribution in [0, 0.1) is 5.41 Å². The number of rotatable bonds is 3. The Morgan fingerprint density at radius 2 is 1.93 bits per heavy atom. The van der Waals surface area contributed by atoms with Gasteiger partial charge in [-0.3, -0.25) is 9.69 Å². The molecule has 3 heteroatoms. The summed E-state index contributed by atoms with van der Waals surface area (Å²) in [4.78, 5) is 12.9. The summed E-state index contributed by atoms with van der Waals surface area (Å²) in [6.45, 7) is 3.32. The highest BCUT2D eigenvalue weighted by Crippen LogP contribution is 2.43. The van der Waals surface area contributed by atoms with Crippen LogP contribution in [0.3, 0.4) is 0 Å². The molecular formula is C12H20N2O. The summed E-state index contributed by atoms with van der Waals surface area (Å²) < 4.78 is 0. The van der Waals surface area contributed by atoms with Crippen LogP contribution in [0.1, 0.15) is 32.1 Å². The van der Waals surface area contributed by atoms with E-state index in [9.17, 15) is 4.79 Å². The summed E-state index contributed by atoms with van der Waals surface area (Å²) in [7, 11) is 0. The van der Waals surface area contributed by atoms with Gasteiger partial charge in [0.2, 0.25) is 5.91 Å². The van der Waals surface area contributed by atoms with E-state index < -0.39 is 0 Å². The van der Waals surface area contributed by atoms with Crippen molar-refractivity contribution in [3.05, 3.63) is 12.2 Å². The number of primary amides is 1. The molecule has 2 rings (SSSR count). The van der Waals surface area contributed by atoms with E-state index in [4.69, 9.17) is 5.73 Å². The fraction of sp³-hybridized carbons (Fsp3) is 0.750. The quantitative estimate of drug-likeness (QED) is 0.710. The highest BCUT2D eigenvalue weighted by atomic mass is 16.1. The van der Waals surface area contributed by atoms with Crippen molar-refractivity contribution in [2.24, 2.45) is 11.1 Å². The zero-order valence-corrected chi connectivity index (χ0v) is 9.24. The zero-order chi connectivity index (χ0) is 10.7. The molecule has 2 aliphatic rings. The van der Waals surface area contributed by atoms with Gasteiger partial charge in [-0.25, -0.2) is 0 Å². The topological polar surface area (TPSA) is 46.3 Å². The molecule has 0 aromatic heterocycles. The molecule has 1 saturated carbocycles. The molecule has 1 spiro atoms. The summed E-state index contributed by atoms with van der Waals surface area (Å²) in [6.07, 6.45) is 10.4. The number of nitrogens with two attached hydrogens (primary N) is 1. The number of hydrogen-bond acceptors (Lipinski definition) is 2. The predicted molar refractivity (Wildman–Crippen MR) is 60.3 cm³/mol. The Bertz CT molecular complexity index is 259. The van der Waals surface area contributed by atoms with Crippen molar-refractivity contribution in [3.63, 3.8) is 0 Å². The van der Waals surface area contributed by atoms with Gasteiger partial charge in [0.05, 0.1) is 0 Å². The first-order chi connectivity index (χ1) is 7.20. The normalized spacial score (nSPS) is 25.6. The van der Waals surface area contributed by atoms with Crippen molar-refractivity contribution in [2.45, 2.75) is 32.1 Å². The Hall–Kier alpha value is -0.830. The highest BCUT2D eigenvalue weighted by molar-refractivity contribution is 5.85. The van der Waals surface area contributed by atoms with Gasteiger partial charge in [-0.1, -0.05) is 25.3 Å². The van der Waals surface area contributed by atoms with Crippen molar-refractivity contribution in [1.29, 1.82) is 0 Å². The second-order valence-corrected chi connectivity index (χ2v) is 5.04. The third-order valence-electron chi connectivity index (χ3n) is 3.68. The average molecular weight is 208 g/mol. The van der Waals surface area contributed by atoms with E-state index in [0.29, 0.717) is 5.41 Å². The average Bonchev–Trinajstić information content (AvgIpc) is 2.16. The van der Waals surface area contributed by atoms with Gasteiger partial charge in [0, 0.05) is 19.6 Å². The Morgan fingerprint density at radius 1 is 1.27 bits per heavy atom. The van der Waals surface area contributed by atoms with E-state index >= 15 is 0 Å². The summed E-state index contributed by atoms with van der Waals surface area (Å²) >= 11 is 0. The van der Waals surface area contributed by atoms with Crippen LogP contribution in [0.4, 0.5) is 0 Å². The van der Waals surface area contributed by atoms with Crippen molar-refractivity contribution in [3.8, 4) is 0 Å². The molecule has 1 heterocycles. The number of hydrogen-bond donors (Lipinski definition) is 1. The third-order valence-corrected chi connectivity index (χ3v) is 3.68. The van der Waals surface area contributed by atoms with Gasteiger partial charge in [-0.15, -0.1) is 0 Å². The zero-order valence-electron chi connectivity index (χ0n) is 9.24. The largest absolute Gasteiger partial charge is 0.366 e. The molecule has 2 fully saturated rings. The monoisotopic (exact) mass is 208 g/mol. The number of carbonyl (C=O) groups is 1. The number of nitrogens with zero attached hydrogens (tertiary/aromatic N) is 1. The van der Waals surface area contributed by atoms with E-state index in [0.717, 1.165) is 6.54 Å². The molecule has 1 amide bonds. The minimum Gasteiger partial charge on any atom is -0.366 e. The van der Waals surface area contributed by atoms with Crippen LogP contribution in [-0.2, 0) is 4.79 Å². The van der Waals surface area contributed by atoms with Gasteiger partial charge in [-0.2, -0.15) is 0 Å². The molecule has 15 heavy (non-hydrogen) atoms. The number of carbonyl (C=O) groups excluding carboxylic acids is 1. The third kappa shape index (κ3) is 2.59. The second kappa shape index (κ2) is 4.35. The first-order valence-electron chi connectivity index (χ1n) is 5.89. The van der Waals surface area contributed by atoms with Crippen LogP contribution in [0.25, 0.3) is 0 Å². The molecule has 1 aliphatic heterocycles. The summed E-state index contributed by atoms with van der Waals surface area (Å²) in [5.74, 6) is -0.345. The Kier molecular flexibility index (Phi) is 3.10. The first kappa shape index (κ1) is 10.7. The summed E-state index contributed by atoms with van der Waals surface area (Å²) in [6, 6.07) is 0. The molecule has 0 atom stereocenters. The van der Waals surface area contributed by atoms with Crippen LogP contribution in [-0.4, -0.2) is 30.4 Å². The second-order valence-electron chi connectivity index (χ2n) is 5.04. The SMILES string of the molecule is NC(=O)/C=C/CN1CC2(CCCCC2)C1. The lowest BCUT2D eigenvalue weighted by atomic mass is 9.69. The lowest BCUT2D eigenvalue weighted by Gasteiger charge is -2.52. The van der Waals surface area contributed by atoms with Gasteiger partial charge >= 0.3 is 0 Å². The predicted octanol–water partition coefficient (Wildman–Crippen LogP) is 1.29. The molecule has 1 aliphatic carbocycles. The van der Waals surface area contributed by atoms with E-state index in [1.807, 2.05) is 6.08 Å². The lowest BCUT2D eigenvalue weighted by molar-refractivity contribution is -0.113. The smallest absolute Gasteiger partial charge is 0.241 e. The number of amides is 1. The molecule has 1 saturated heterocycles. The maximum absolute atomic E-state index is 10.5. The van der Waals surface area contributed by atoms with E-state index in [1.165, 1.54) is 51.3 Å². The van der Waals surface area contributed by atoms with Crippen molar-refractivity contribution in [1.82, 2.24) is 4.90 Å². The van der Waals surface area contributed by atoms with Gasteiger partial charge < -0.3 is 5.73 Å². The molecule has 0 radical (unpaired) electrons. The molecule has 0 aromatic rings. The van der Waals surface area contributed by atoms with Crippen LogP contribution in [0.15, 0.2) is 12.2 Å². The first-order valence-corrected chi connectivity index (χ1v) is 5.89. The van der Waals surface area contributed by atoms with Crippen molar-refractivity contribution < 1.29 is 4.79 Å². The van der Waals surface area contributed by atoms with Gasteiger partial charge in [0.25, 0.3) is 0 Å². The number of likely N-dealkylation sites (tertiary alicyclic amines) is 1. The molecular weight excluding hydrogens is 188 g/mol. The molecule has 0 aromatic carbocycles. The van der Waals surface area contributed by atoms with Crippen molar-refractivity contribution in [2.75, 3.05) is 19.6 Å². The van der Waals surface area contributed by atoms with E-state index in [2.05, 4.69) is 4.90 Å². The van der Waals surface area contributed by atoms with E-state index in [-0.39, 0.29) is 5.91 Å². The maximum Gasteiger partial charge on any atom is 0.241 e. The Balaban J connectivity index is 1.70.